The van der Waals surface area contributed by atoms with Gasteiger partial charge in [0, 0.05) is 12.1 Å². The zero-order chi connectivity index (χ0) is 21.7. The van der Waals surface area contributed by atoms with Crippen LogP contribution < -0.4 is 18.9 Å². The van der Waals surface area contributed by atoms with Gasteiger partial charge in [0.1, 0.15) is 11.5 Å². The highest BCUT2D eigenvalue weighted by molar-refractivity contribution is 5.70. The molecule has 1 aliphatic heterocycles. The lowest BCUT2D eigenvalue weighted by molar-refractivity contribution is -0.143. The predicted octanol–water partition coefficient (Wildman–Crippen LogP) is 3.61. The van der Waals surface area contributed by atoms with E-state index in [1.807, 2.05) is 36.4 Å². The molecule has 2 aromatic carbocycles. The fourth-order valence-corrected chi connectivity index (χ4v) is 4.11. The fourth-order valence-electron chi connectivity index (χ4n) is 4.11. The lowest BCUT2D eigenvalue weighted by Crippen LogP contribution is -2.41. The lowest BCUT2D eigenvalue weighted by atomic mass is 9.90. The molecule has 30 heavy (non-hydrogen) atoms. The number of hydrogen-bond acceptors (Lipinski definition) is 6. The standard InChI is InChI=1S/C23H29NO6/c1-27-17-8-10-19(28-2)18(13-17)22(24-11-5-6-16(14-24)23(25)26)15-7-9-20(29-3)21(12-15)30-4/h7-10,12-13,16,22H,5-6,11,14H2,1-4H3,(H,25,26). The zero-order valence-corrected chi connectivity index (χ0v) is 17.9. The molecule has 162 valence electrons. The molecule has 0 radical (unpaired) electrons. The largest absolute Gasteiger partial charge is 0.497 e. The van der Waals surface area contributed by atoms with Crippen molar-refractivity contribution in [3.8, 4) is 23.0 Å². The first-order valence-electron chi connectivity index (χ1n) is 9.93. The Morgan fingerprint density at radius 3 is 2.30 bits per heavy atom. The second kappa shape index (κ2) is 9.71. The minimum atomic E-state index is -0.761. The van der Waals surface area contributed by atoms with E-state index in [1.165, 1.54) is 0 Å². The Morgan fingerprint density at radius 1 is 0.967 bits per heavy atom. The molecule has 3 rings (SSSR count). The van der Waals surface area contributed by atoms with E-state index in [0.717, 1.165) is 24.1 Å². The van der Waals surface area contributed by atoms with Crippen molar-refractivity contribution >= 4 is 5.97 Å². The van der Waals surface area contributed by atoms with Gasteiger partial charge in [0.15, 0.2) is 11.5 Å². The van der Waals surface area contributed by atoms with Gasteiger partial charge in [-0.2, -0.15) is 0 Å². The molecule has 1 heterocycles. The molecule has 1 fully saturated rings. The van der Waals surface area contributed by atoms with Crippen LogP contribution in [0.25, 0.3) is 0 Å². The number of rotatable bonds is 8. The van der Waals surface area contributed by atoms with Crippen molar-refractivity contribution < 1.29 is 28.8 Å². The summed E-state index contributed by atoms with van der Waals surface area (Å²) in [5, 5.41) is 9.60. The van der Waals surface area contributed by atoms with E-state index in [4.69, 9.17) is 18.9 Å². The first-order chi connectivity index (χ1) is 14.5. The molecule has 1 N–H and O–H groups in total. The maximum Gasteiger partial charge on any atom is 0.307 e. The molecule has 2 unspecified atom stereocenters. The normalized spacial score (nSPS) is 17.8. The summed E-state index contributed by atoms with van der Waals surface area (Å²) in [5.74, 6) is 1.52. The summed E-state index contributed by atoms with van der Waals surface area (Å²) in [4.78, 5) is 13.9. The molecule has 0 aliphatic carbocycles. The van der Waals surface area contributed by atoms with Crippen LogP contribution in [0.4, 0.5) is 0 Å². The van der Waals surface area contributed by atoms with Crippen LogP contribution in [-0.4, -0.2) is 57.5 Å². The highest BCUT2D eigenvalue weighted by atomic mass is 16.5. The molecule has 0 aromatic heterocycles. The Hall–Kier alpha value is -2.93. The van der Waals surface area contributed by atoms with E-state index < -0.39 is 11.9 Å². The molecular weight excluding hydrogens is 386 g/mol. The van der Waals surface area contributed by atoms with Crippen molar-refractivity contribution in [2.45, 2.75) is 18.9 Å². The zero-order valence-electron chi connectivity index (χ0n) is 17.9. The van der Waals surface area contributed by atoms with E-state index in [1.54, 1.807) is 28.4 Å². The van der Waals surface area contributed by atoms with Crippen molar-refractivity contribution in [2.75, 3.05) is 41.5 Å². The predicted molar refractivity (Wildman–Crippen MR) is 113 cm³/mol. The van der Waals surface area contributed by atoms with Crippen molar-refractivity contribution in [1.82, 2.24) is 4.90 Å². The van der Waals surface area contributed by atoms with E-state index in [9.17, 15) is 9.90 Å². The molecule has 2 atom stereocenters. The summed E-state index contributed by atoms with van der Waals surface area (Å²) in [6.45, 7) is 1.23. The minimum absolute atomic E-state index is 0.225. The molecule has 7 nitrogen and oxygen atoms in total. The van der Waals surface area contributed by atoms with Crippen LogP contribution in [0, 0.1) is 5.92 Å². The number of methoxy groups -OCH3 is 4. The summed E-state index contributed by atoms with van der Waals surface area (Å²) < 4.78 is 22.0. The molecule has 0 spiro atoms. The lowest BCUT2D eigenvalue weighted by Gasteiger charge is -2.38. The summed E-state index contributed by atoms with van der Waals surface area (Å²) in [6.07, 6.45) is 1.49. The van der Waals surface area contributed by atoms with E-state index in [2.05, 4.69) is 4.90 Å². The Morgan fingerprint density at radius 2 is 1.67 bits per heavy atom. The van der Waals surface area contributed by atoms with Crippen LogP contribution in [0.2, 0.25) is 0 Å². The summed E-state index contributed by atoms with van der Waals surface area (Å²) in [5.41, 5.74) is 1.88. The Balaban J connectivity index is 2.14. The highest BCUT2D eigenvalue weighted by Gasteiger charge is 2.33. The molecule has 0 bridgehead atoms. The smallest absolute Gasteiger partial charge is 0.307 e. The van der Waals surface area contributed by atoms with Crippen molar-refractivity contribution in [2.24, 2.45) is 5.92 Å². The third-order valence-electron chi connectivity index (χ3n) is 5.62. The monoisotopic (exact) mass is 415 g/mol. The average molecular weight is 415 g/mol. The van der Waals surface area contributed by atoms with Crippen molar-refractivity contribution in [3.05, 3.63) is 47.5 Å². The Labute approximate surface area is 177 Å². The third-order valence-corrected chi connectivity index (χ3v) is 5.62. The van der Waals surface area contributed by atoms with Crippen LogP contribution in [-0.2, 0) is 4.79 Å². The van der Waals surface area contributed by atoms with Crippen LogP contribution in [0.5, 0.6) is 23.0 Å². The van der Waals surface area contributed by atoms with E-state index in [0.29, 0.717) is 36.0 Å². The molecule has 1 saturated heterocycles. The fraction of sp³-hybridized carbons (Fsp3) is 0.435. The van der Waals surface area contributed by atoms with Gasteiger partial charge in [-0.05, 0) is 55.3 Å². The van der Waals surface area contributed by atoms with Crippen LogP contribution >= 0.6 is 0 Å². The first kappa shape index (κ1) is 21.8. The maximum atomic E-state index is 11.7. The number of carboxylic acid groups (broad SMARTS) is 1. The Kier molecular flexibility index (Phi) is 7.05. The number of aliphatic carboxylic acids is 1. The summed E-state index contributed by atoms with van der Waals surface area (Å²) in [6, 6.07) is 11.2. The quantitative estimate of drug-likeness (QED) is 0.706. The topological polar surface area (TPSA) is 77.5 Å². The van der Waals surface area contributed by atoms with Gasteiger partial charge in [0.25, 0.3) is 0 Å². The summed E-state index contributed by atoms with van der Waals surface area (Å²) in [7, 11) is 6.46. The van der Waals surface area contributed by atoms with E-state index in [-0.39, 0.29) is 6.04 Å². The average Bonchev–Trinajstić information content (AvgIpc) is 2.79. The van der Waals surface area contributed by atoms with Gasteiger partial charge >= 0.3 is 5.97 Å². The molecule has 7 heteroatoms. The molecule has 0 amide bonds. The number of carboxylic acids is 1. The number of hydrogen-bond donors (Lipinski definition) is 1. The number of piperidine rings is 1. The van der Waals surface area contributed by atoms with Crippen LogP contribution in [0.3, 0.4) is 0 Å². The van der Waals surface area contributed by atoms with Gasteiger partial charge in [-0.3, -0.25) is 9.69 Å². The molecular formula is C23H29NO6. The Bertz CT molecular complexity index is 884. The van der Waals surface area contributed by atoms with Gasteiger partial charge in [0.2, 0.25) is 0 Å². The maximum absolute atomic E-state index is 11.7. The number of ether oxygens (including phenoxy) is 4. The highest BCUT2D eigenvalue weighted by Crippen LogP contribution is 2.41. The van der Waals surface area contributed by atoms with Gasteiger partial charge < -0.3 is 24.1 Å². The second-order valence-electron chi connectivity index (χ2n) is 7.30. The SMILES string of the molecule is COc1ccc(OC)c(C(c2ccc(OC)c(OC)c2)N2CCCC(C(=O)O)C2)c1. The summed E-state index contributed by atoms with van der Waals surface area (Å²) >= 11 is 0. The number of carbonyl (C=O) groups is 1. The van der Waals surface area contributed by atoms with Crippen molar-refractivity contribution in [1.29, 1.82) is 0 Å². The molecule has 1 aliphatic rings. The van der Waals surface area contributed by atoms with Gasteiger partial charge in [-0.25, -0.2) is 0 Å². The minimum Gasteiger partial charge on any atom is -0.497 e. The first-order valence-corrected chi connectivity index (χ1v) is 9.93. The van der Waals surface area contributed by atoms with Crippen LogP contribution in [0.15, 0.2) is 36.4 Å². The van der Waals surface area contributed by atoms with Crippen LogP contribution in [0.1, 0.15) is 30.0 Å². The van der Waals surface area contributed by atoms with Gasteiger partial charge in [0.05, 0.1) is 40.4 Å². The van der Waals surface area contributed by atoms with E-state index >= 15 is 0 Å². The molecule has 0 saturated carbocycles. The van der Waals surface area contributed by atoms with Gasteiger partial charge in [-0.1, -0.05) is 6.07 Å². The van der Waals surface area contributed by atoms with Gasteiger partial charge in [-0.15, -0.1) is 0 Å². The second-order valence-corrected chi connectivity index (χ2v) is 7.30. The molecule has 2 aromatic rings. The van der Waals surface area contributed by atoms with Crippen molar-refractivity contribution in [3.63, 3.8) is 0 Å². The number of benzene rings is 2. The number of likely N-dealkylation sites (tertiary alicyclic amines) is 1. The third kappa shape index (κ3) is 4.46. The number of nitrogens with zero attached hydrogens (tertiary/aromatic N) is 1.